The normalized spacial score (nSPS) is 24.4. The van der Waals surface area contributed by atoms with Gasteiger partial charge in [-0.2, -0.15) is 0 Å². The van der Waals surface area contributed by atoms with Crippen LogP contribution < -0.4 is 0 Å². The molecule has 0 radical (unpaired) electrons. The molecule has 0 amide bonds. The maximum Gasteiger partial charge on any atom is 0.233 e. The van der Waals surface area contributed by atoms with Crippen LogP contribution in [0.3, 0.4) is 0 Å². The fraction of sp³-hybridized carbons (Fsp3) is 1.00. The molecule has 0 N–H and O–H groups in total. The molecule has 3 heteroatoms. The first-order valence-corrected chi connectivity index (χ1v) is 13.3. The van der Waals surface area contributed by atoms with E-state index >= 15 is 0 Å². The van der Waals surface area contributed by atoms with Crippen LogP contribution in [0, 0.1) is 11.8 Å². The summed E-state index contributed by atoms with van der Waals surface area (Å²) in [6.45, 7) is 11.6. The Morgan fingerprint density at radius 3 is 2.10 bits per heavy atom. The summed E-state index contributed by atoms with van der Waals surface area (Å²) in [5.74, 6) is 0.845. The van der Waals surface area contributed by atoms with Gasteiger partial charge in [0.1, 0.15) is 0 Å². The largest absolute Gasteiger partial charge is 0.337 e. The van der Waals surface area contributed by atoms with Crippen molar-refractivity contribution in [2.75, 3.05) is 19.8 Å². The van der Waals surface area contributed by atoms with Gasteiger partial charge >= 0.3 is 0 Å². The Labute approximate surface area is 182 Å². The Morgan fingerprint density at radius 1 is 0.759 bits per heavy atom. The molecule has 1 aliphatic heterocycles. The molecule has 1 heterocycles. The van der Waals surface area contributed by atoms with E-state index in [0.717, 1.165) is 25.7 Å². The third kappa shape index (κ3) is 6.94. The summed E-state index contributed by atoms with van der Waals surface area (Å²) in [7, 11) is 0. The van der Waals surface area contributed by atoms with Crippen LogP contribution in [0.15, 0.2) is 0 Å². The second-order valence-corrected chi connectivity index (χ2v) is 9.49. The molecule has 0 aromatic rings. The monoisotopic (exact) mass is 409 g/mol. The second-order valence-electron chi connectivity index (χ2n) is 9.49. The first kappa shape index (κ1) is 25.1. The van der Waals surface area contributed by atoms with Crippen LogP contribution in [-0.4, -0.2) is 36.6 Å². The summed E-state index contributed by atoms with van der Waals surface area (Å²) in [6, 6.07) is 0.666. The van der Waals surface area contributed by atoms with E-state index in [1.165, 1.54) is 96.3 Å². The van der Waals surface area contributed by atoms with Crippen LogP contribution in [0.4, 0.5) is 0 Å². The van der Waals surface area contributed by atoms with Crippen molar-refractivity contribution in [2.45, 2.75) is 136 Å². The molecule has 3 nitrogen and oxygen atoms in total. The van der Waals surface area contributed by atoms with E-state index < -0.39 is 5.91 Å². The molecule has 0 aromatic carbocycles. The lowest BCUT2D eigenvalue weighted by molar-refractivity contribution is -0.360. The third-order valence-corrected chi connectivity index (χ3v) is 7.41. The van der Waals surface area contributed by atoms with Gasteiger partial charge in [-0.3, -0.25) is 0 Å². The summed E-state index contributed by atoms with van der Waals surface area (Å²) in [5, 5.41) is 0. The van der Waals surface area contributed by atoms with Crippen LogP contribution >= 0.6 is 0 Å². The van der Waals surface area contributed by atoms with Gasteiger partial charge in [0.2, 0.25) is 5.91 Å². The van der Waals surface area contributed by atoms with Gasteiger partial charge in [0, 0.05) is 31.7 Å². The van der Waals surface area contributed by atoms with Crippen molar-refractivity contribution in [3.8, 4) is 0 Å². The molecule has 0 spiro atoms. The standard InChI is InChI=1S/C26H51NO2/c1-5-9-10-11-12-13-20-24(17-6-2)26(28-7-3,29-8-4)27-22-16-19-23-18-14-15-21-25(23)27/h23-25H,5-22H2,1-4H3. The third-order valence-electron chi connectivity index (χ3n) is 7.41. The fourth-order valence-electron chi connectivity index (χ4n) is 6.13. The predicted octanol–water partition coefficient (Wildman–Crippen LogP) is 7.53. The minimum atomic E-state index is -0.496. The van der Waals surface area contributed by atoms with Crippen molar-refractivity contribution in [3.05, 3.63) is 0 Å². The predicted molar refractivity (Wildman–Crippen MR) is 124 cm³/mol. The van der Waals surface area contributed by atoms with Crippen LogP contribution in [0.5, 0.6) is 0 Å². The molecule has 172 valence electrons. The van der Waals surface area contributed by atoms with Crippen molar-refractivity contribution in [3.63, 3.8) is 0 Å². The zero-order chi connectivity index (χ0) is 21.0. The van der Waals surface area contributed by atoms with Crippen molar-refractivity contribution in [1.82, 2.24) is 4.90 Å². The Kier molecular flexibility index (Phi) is 12.2. The van der Waals surface area contributed by atoms with Crippen molar-refractivity contribution in [1.29, 1.82) is 0 Å². The molecule has 2 aliphatic rings. The van der Waals surface area contributed by atoms with Gasteiger partial charge in [-0.25, -0.2) is 4.90 Å². The van der Waals surface area contributed by atoms with E-state index in [1.54, 1.807) is 0 Å². The highest BCUT2D eigenvalue weighted by Gasteiger charge is 2.50. The molecule has 3 unspecified atom stereocenters. The first-order valence-electron chi connectivity index (χ1n) is 13.3. The minimum Gasteiger partial charge on any atom is -0.337 e. The molecule has 0 aromatic heterocycles. The van der Waals surface area contributed by atoms with E-state index in [1.807, 2.05) is 0 Å². The highest BCUT2D eigenvalue weighted by atomic mass is 16.7. The van der Waals surface area contributed by atoms with E-state index in [2.05, 4.69) is 32.6 Å². The smallest absolute Gasteiger partial charge is 0.233 e. The Bertz CT molecular complexity index is 406. The average Bonchev–Trinajstić information content (AvgIpc) is 2.75. The van der Waals surface area contributed by atoms with Gasteiger partial charge in [0.15, 0.2) is 0 Å². The molecule has 2 fully saturated rings. The van der Waals surface area contributed by atoms with Crippen molar-refractivity contribution >= 4 is 0 Å². The molecule has 1 saturated heterocycles. The lowest BCUT2D eigenvalue weighted by atomic mass is 9.77. The zero-order valence-corrected chi connectivity index (χ0v) is 20.2. The Hall–Kier alpha value is -0.120. The van der Waals surface area contributed by atoms with E-state index in [0.29, 0.717) is 12.0 Å². The number of piperidine rings is 1. The molecule has 1 saturated carbocycles. The van der Waals surface area contributed by atoms with Gasteiger partial charge in [0.25, 0.3) is 0 Å². The quantitative estimate of drug-likeness (QED) is 0.206. The van der Waals surface area contributed by atoms with Crippen LogP contribution in [0.1, 0.15) is 124 Å². The SMILES string of the molecule is CCCCCCCCC(CCC)C(OCC)(OCC)N1CCCC2CCCCC21. The number of fused-ring (bicyclic) bond motifs is 1. The number of ether oxygens (including phenoxy) is 2. The summed E-state index contributed by atoms with van der Waals surface area (Å²) in [6.07, 6.45) is 20.1. The molecular weight excluding hydrogens is 358 g/mol. The first-order chi connectivity index (χ1) is 14.2. The van der Waals surface area contributed by atoms with Gasteiger partial charge in [-0.05, 0) is 58.3 Å². The summed E-state index contributed by atoms with van der Waals surface area (Å²) in [4.78, 5) is 2.73. The minimum absolute atomic E-state index is 0.485. The molecular formula is C26H51NO2. The number of hydrogen-bond donors (Lipinski definition) is 0. The zero-order valence-electron chi connectivity index (χ0n) is 20.2. The van der Waals surface area contributed by atoms with E-state index in [-0.39, 0.29) is 0 Å². The summed E-state index contributed by atoms with van der Waals surface area (Å²) < 4.78 is 13.3. The number of nitrogens with zero attached hydrogens (tertiary/aromatic N) is 1. The van der Waals surface area contributed by atoms with Gasteiger partial charge < -0.3 is 9.47 Å². The number of likely N-dealkylation sites (tertiary alicyclic amines) is 1. The Morgan fingerprint density at radius 2 is 1.41 bits per heavy atom. The number of unbranched alkanes of at least 4 members (excludes halogenated alkanes) is 5. The van der Waals surface area contributed by atoms with Crippen molar-refractivity contribution in [2.24, 2.45) is 11.8 Å². The number of hydrogen-bond acceptors (Lipinski definition) is 3. The van der Waals surface area contributed by atoms with Crippen LogP contribution in [0.25, 0.3) is 0 Å². The lowest BCUT2D eigenvalue weighted by Crippen LogP contribution is -2.64. The highest BCUT2D eigenvalue weighted by molar-refractivity contribution is 4.94. The van der Waals surface area contributed by atoms with Gasteiger partial charge in [0.05, 0.1) is 0 Å². The summed E-state index contributed by atoms with van der Waals surface area (Å²) >= 11 is 0. The van der Waals surface area contributed by atoms with Crippen molar-refractivity contribution < 1.29 is 9.47 Å². The molecule has 1 aliphatic carbocycles. The van der Waals surface area contributed by atoms with Crippen LogP contribution in [0.2, 0.25) is 0 Å². The van der Waals surface area contributed by atoms with E-state index in [4.69, 9.17) is 9.47 Å². The average molecular weight is 410 g/mol. The molecule has 29 heavy (non-hydrogen) atoms. The highest BCUT2D eigenvalue weighted by Crippen LogP contribution is 2.44. The van der Waals surface area contributed by atoms with E-state index in [9.17, 15) is 0 Å². The summed E-state index contributed by atoms with van der Waals surface area (Å²) in [5.41, 5.74) is 0. The van der Waals surface area contributed by atoms with Gasteiger partial charge in [-0.1, -0.05) is 71.6 Å². The molecule has 2 rings (SSSR count). The lowest BCUT2D eigenvalue weighted by Gasteiger charge is -2.55. The maximum atomic E-state index is 6.67. The molecule has 0 bridgehead atoms. The van der Waals surface area contributed by atoms with Crippen LogP contribution in [-0.2, 0) is 9.47 Å². The maximum absolute atomic E-state index is 6.67. The molecule has 3 atom stereocenters. The number of rotatable bonds is 15. The Balaban J connectivity index is 2.16. The fourth-order valence-corrected chi connectivity index (χ4v) is 6.13. The topological polar surface area (TPSA) is 21.7 Å². The second kappa shape index (κ2) is 14.0. The van der Waals surface area contributed by atoms with Gasteiger partial charge in [-0.15, -0.1) is 0 Å².